The molecule has 2 heterocycles. The van der Waals surface area contributed by atoms with Crippen LogP contribution in [0.2, 0.25) is 0 Å². The zero-order valence-electron chi connectivity index (χ0n) is 20.2. The molecule has 3 aliphatic rings. The van der Waals surface area contributed by atoms with Gasteiger partial charge in [0.15, 0.2) is 5.78 Å². The molecule has 1 saturated carbocycles. The van der Waals surface area contributed by atoms with E-state index >= 15 is 0 Å². The van der Waals surface area contributed by atoms with Crippen molar-refractivity contribution in [3.63, 3.8) is 0 Å². The van der Waals surface area contributed by atoms with Crippen LogP contribution in [0.1, 0.15) is 40.7 Å². The topological polar surface area (TPSA) is 104 Å². The number of fused-ring (bicyclic) bond motifs is 1. The minimum atomic E-state index is -3.53. The Hall–Kier alpha value is -3.08. The van der Waals surface area contributed by atoms with Gasteiger partial charge >= 0.3 is 0 Å². The molecular formula is C26H29N3O6S. The lowest BCUT2D eigenvalue weighted by Gasteiger charge is -2.31. The van der Waals surface area contributed by atoms with Gasteiger partial charge < -0.3 is 14.5 Å². The van der Waals surface area contributed by atoms with Crippen molar-refractivity contribution in [3.8, 4) is 5.75 Å². The molecule has 9 nitrogen and oxygen atoms in total. The van der Waals surface area contributed by atoms with Gasteiger partial charge in [0, 0.05) is 43.7 Å². The summed E-state index contributed by atoms with van der Waals surface area (Å²) in [6, 6.07) is 11.3. The largest absolute Gasteiger partial charge is 0.489 e. The SMILES string of the molecule is CN1CCN(S(=O)(=O)c2ccc(COc3cccc4c3CN(C3CCC(=O)CC3=O)C4=O)cc2)CC1. The zero-order chi connectivity index (χ0) is 25.4. The van der Waals surface area contributed by atoms with Crippen molar-refractivity contribution in [2.24, 2.45) is 0 Å². The van der Waals surface area contributed by atoms with Crippen LogP contribution in [0, 0.1) is 0 Å². The van der Waals surface area contributed by atoms with E-state index in [9.17, 15) is 22.8 Å². The predicted molar refractivity (Wildman–Crippen MR) is 131 cm³/mol. The first-order chi connectivity index (χ1) is 17.2. The summed E-state index contributed by atoms with van der Waals surface area (Å²) in [7, 11) is -1.56. The number of piperazine rings is 1. The van der Waals surface area contributed by atoms with Crippen molar-refractivity contribution in [3.05, 3.63) is 59.2 Å². The van der Waals surface area contributed by atoms with Crippen LogP contribution in [0.4, 0.5) is 0 Å². The molecule has 2 aromatic carbocycles. The fourth-order valence-electron chi connectivity index (χ4n) is 5.00. The van der Waals surface area contributed by atoms with E-state index in [-0.39, 0.29) is 41.9 Å². The van der Waals surface area contributed by atoms with E-state index in [1.54, 1.807) is 47.4 Å². The van der Waals surface area contributed by atoms with E-state index in [0.717, 1.165) is 11.1 Å². The average Bonchev–Trinajstić information content (AvgIpc) is 3.20. The Morgan fingerprint density at radius 1 is 0.972 bits per heavy atom. The Balaban J connectivity index is 1.26. The van der Waals surface area contributed by atoms with Crippen LogP contribution in [0.25, 0.3) is 0 Å². The van der Waals surface area contributed by atoms with Crippen LogP contribution in [0.15, 0.2) is 47.4 Å². The number of rotatable bonds is 6. The van der Waals surface area contributed by atoms with Gasteiger partial charge in [-0.1, -0.05) is 18.2 Å². The number of ketones is 2. The molecule has 0 radical (unpaired) electrons. The zero-order valence-corrected chi connectivity index (χ0v) is 21.0. The molecule has 0 bridgehead atoms. The maximum atomic E-state index is 13.0. The summed E-state index contributed by atoms with van der Waals surface area (Å²) < 4.78 is 33.4. The van der Waals surface area contributed by atoms with E-state index in [4.69, 9.17) is 4.74 Å². The lowest BCUT2D eigenvalue weighted by molar-refractivity contribution is -0.133. The van der Waals surface area contributed by atoms with Crippen LogP contribution in [0.3, 0.4) is 0 Å². The monoisotopic (exact) mass is 511 g/mol. The molecule has 0 N–H and O–H groups in total. The van der Waals surface area contributed by atoms with Crippen molar-refractivity contribution in [2.45, 2.75) is 43.4 Å². The van der Waals surface area contributed by atoms with Crippen LogP contribution in [-0.4, -0.2) is 79.3 Å². The summed E-state index contributed by atoms with van der Waals surface area (Å²) in [6.07, 6.45) is 0.548. The second kappa shape index (κ2) is 9.76. The third-order valence-electron chi connectivity index (χ3n) is 7.19. The van der Waals surface area contributed by atoms with Crippen LogP contribution in [0.5, 0.6) is 5.75 Å². The van der Waals surface area contributed by atoms with E-state index in [1.807, 2.05) is 7.05 Å². The van der Waals surface area contributed by atoms with E-state index in [2.05, 4.69) is 4.90 Å². The van der Waals surface area contributed by atoms with Crippen LogP contribution < -0.4 is 4.74 Å². The maximum absolute atomic E-state index is 13.0. The second-order valence-electron chi connectivity index (χ2n) is 9.59. The number of hydrogen-bond donors (Lipinski definition) is 0. The predicted octanol–water partition coefficient (Wildman–Crippen LogP) is 1.85. The van der Waals surface area contributed by atoms with Crippen LogP contribution >= 0.6 is 0 Å². The van der Waals surface area contributed by atoms with E-state index < -0.39 is 16.1 Å². The smallest absolute Gasteiger partial charge is 0.255 e. The van der Waals surface area contributed by atoms with Gasteiger partial charge in [-0.2, -0.15) is 4.31 Å². The maximum Gasteiger partial charge on any atom is 0.255 e. The highest BCUT2D eigenvalue weighted by atomic mass is 32.2. The molecule has 1 saturated heterocycles. The normalized spacial score (nSPS) is 21.6. The quantitative estimate of drug-likeness (QED) is 0.545. The highest BCUT2D eigenvalue weighted by molar-refractivity contribution is 7.89. The lowest BCUT2D eigenvalue weighted by Crippen LogP contribution is -2.46. The highest BCUT2D eigenvalue weighted by Crippen LogP contribution is 2.34. The molecule has 190 valence electrons. The molecule has 36 heavy (non-hydrogen) atoms. The Labute approximate surface area is 210 Å². The van der Waals surface area contributed by atoms with Gasteiger partial charge in [-0.15, -0.1) is 0 Å². The Kier molecular flexibility index (Phi) is 6.67. The van der Waals surface area contributed by atoms with Crippen molar-refractivity contribution in [1.82, 2.24) is 14.1 Å². The summed E-state index contributed by atoms with van der Waals surface area (Å²) in [5, 5.41) is 0. The first-order valence-corrected chi connectivity index (χ1v) is 13.6. The molecule has 0 spiro atoms. The van der Waals surface area contributed by atoms with Crippen molar-refractivity contribution in [2.75, 3.05) is 33.2 Å². The summed E-state index contributed by atoms with van der Waals surface area (Å²) in [6.45, 7) is 2.83. The molecule has 1 amide bonds. The molecule has 1 atom stereocenters. The van der Waals surface area contributed by atoms with Gasteiger partial charge in [-0.3, -0.25) is 14.4 Å². The Morgan fingerprint density at radius 2 is 1.69 bits per heavy atom. The summed E-state index contributed by atoms with van der Waals surface area (Å²) >= 11 is 0. The summed E-state index contributed by atoms with van der Waals surface area (Å²) in [5.41, 5.74) is 2.03. The standard InChI is InChI=1S/C26H29N3O6S/c1-27-11-13-28(14-12-27)36(33,34)20-8-5-18(6-9-20)17-35-25-4-2-3-21-22(25)16-29(26(21)32)23-10-7-19(30)15-24(23)31/h2-6,8-9,23H,7,10-17H2,1H3. The number of amides is 1. The third-order valence-corrected chi connectivity index (χ3v) is 9.10. The number of benzene rings is 2. The molecule has 2 aliphatic heterocycles. The number of carbonyl (C=O) groups is 3. The highest BCUT2D eigenvalue weighted by Gasteiger charge is 2.40. The molecule has 10 heteroatoms. The van der Waals surface area contributed by atoms with Crippen molar-refractivity contribution < 1.29 is 27.5 Å². The molecule has 2 aromatic rings. The number of hydrogen-bond acceptors (Lipinski definition) is 7. The van der Waals surface area contributed by atoms with Gasteiger partial charge in [-0.25, -0.2) is 8.42 Å². The van der Waals surface area contributed by atoms with E-state index in [1.165, 1.54) is 4.31 Å². The number of sulfonamides is 1. The van der Waals surface area contributed by atoms with E-state index in [0.29, 0.717) is 50.3 Å². The minimum absolute atomic E-state index is 0.0771. The Morgan fingerprint density at radius 3 is 2.39 bits per heavy atom. The first-order valence-electron chi connectivity index (χ1n) is 12.1. The lowest BCUT2D eigenvalue weighted by atomic mass is 9.92. The average molecular weight is 512 g/mol. The number of ether oxygens (including phenoxy) is 1. The Bertz CT molecular complexity index is 1300. The number of nitrogens with zero attached hydrogens (tertiary/aromatic N) is 3. The van der Waals surface area contributed by atoms with Gasteiger partial charge in [-0.05, 0) is 43.3 Å². The second-order valence-corrected chi connectivity index (χ2v) is 11.5. The number of Topliss-reactive ketones (excluding diaryl/α,β-unsaturated/α-hetero) is 2. The summed E-state index contributed by atoms with van der Waals surface area (Å²) in [4.78, 5) is 40.9. The molecular weight excluding hydrogens is 482 g/mol. The summed E-state index contributed by atoms with van der Waals surface area (Å²) in [5.74, 6) is 0.0479. The van der Waals surface area contributed by atoms with Gasteiger partial charge in [0.05, 0.1) is 23.9 Å². The number of carbonyl (C=O) groups excluding carboxylic acids is 3. The van der Waals surface area contributed by atoms with Crippen molar-refractivity contribution in [1.29, 1.82) is 0 Å². The molecule has 2 fully saturated rings. The fourth-order valence-corrected chi connectivity index (χ4v) is 6.42. The fraction of sp³-hybridized carbons (Fsp3) is 0.423. The van der Waals surface area contributed by atoms with Gasteiger partial charge in [0.1, 0.15) is 18.1 Å². The number of likely N-dealkylation sites (N-methyl/N-ethyl adjacent to an activating group) is 1. The van der Waals surface area contributed by atoms with Gasteiger partial charge in [0.25, 0.3) is 5.91 Å². The molecule has 5 rings (SSSR count). The molecule has 0 aromatic heterocycles. The molecule has 1 aliphatic carbocycles. The minimum Gasteiger partial charge on any atom is -0.489 e. The van der Waals surface area contributed by atoms with Crippen LogP contribution in [-0.2, 0) is 32.8 Å². The van der Waals surface area contributed by atoms with Crippen molar-refractivity contribution >= 4 is 27.5 Å². The van der Waals surface area contributed by atoms with Gasteiger partial charge in [0.2, 0.25) is 10.0 Å². The first kappa shape index (κ1) is 24.6. The third kappa shape index (κ3) is 4.68. The molecule has 1 unspecified atom stereocenters.